The SMILES string of the molecule is NC(=NC(F)(F)F)N=S(=O)=O. The molecule has 0 unspecified atom stereocenters. The van der Waals surface area contributed by atoms with Crippen molar-refractivity contribution in [3.8, 4) is 0 Å². The van der Waals surface area contributed by atoms with Crippen LogP contribution < -0.4 is 5.73 Å². The molecule has 0 saturated heterocycles. The van der Waals surface area contributed by atoms with Crippen LogP contribution in [0, 0.1) is 0 Å². The van der Waals surface area contributed by atoms with Crippen LogP contribution >= 0.6 is 0 Å². The van der Waals surface area contributed by atoms with Gasteiger partial charge in [0, 0.05) is 0 Å². The van der Waals surface area contributed by atoms with Crippen molar-refractivity contribution >= 4 is 16.5 Å². The monoisotopic (exact) mass is 189 g/mol. The Kier molecular flexibility index (Phi) is 2.99. The lowest BCUT2D eigenvalue weighted by atomic mass is 11.0. The summed E-state index contributed by atoms with van der Waals surface area (Å²) < 4.78 is 55.2. The fraction of sp³-hybridized carbons (Fsp3) is 0.500. The lowest BCUT2D eigenvalue weighted by molar-refractivity contribution is -0.119. The zero-order chi connectivity index (χ0) is 9.07. The number of halogens is 3. The molecular weight excluding hydrogens is 187 g/mol. The first-order valence-electron chi connectivity index (χ1n) is 2.04. The number of nitrogens with two attached hydrogens (primary N) is 1. The Morgan fingerprint density at radius 2 is 1.82 bits per heavy atom. The average molecular weight is 189 g/mol. The van der Waals surface area contributed by atoms with Crippen molar-refractivity contribution in [2.75, 3.05) is 0 Å². The molecule has 0 amide bonds. The molecule has 5 nitrogen and oxygen atoms in total. The Morgan fingerprint density at radius 3 is 2.09 bits per heavy atom. The molecule has 0 heterocycles. The lowest BCUT2D eigenvalue weighted by Gasteiger charge is -1.95. The highest BCUT2D eigenvalue weighted by molar-refractivity contribution is 7.62. The molecule has 0 aromatic carbocycles. The third kappa shape index (κ3) is 6.77. The van der Waals surface area contributed by atoms with Gasteiger partial charge in [-0.15, -0.1) is 18.2 Å². The summed E-state index contributed by atoms with van der Waals surface area (Å²) in [4.78, 5) is 1.78. The van der Waals surface area contributed by atoms with Gasteiger partial charge >= 0.3 is 16.8 Å². The van der Waals surface area contributed by atoms with E-state index in [1.807, 2.05) is 0 Å². The molecular formula is C2H2F3N3O2S. The topological polar surface area (TPSA) is 84.9 Å². The van der Waals surface area contributed by atoms with Gasteiger partial charge < -0.3 is 5.73 Å². The van der Waals surface area contributed by atoms with Crippen LogP contribution in [-0.4, -0.2) is 20.7 Å². The molecule has 0 aliphatic carbocycles. The van der Waals surface area contributed by atoms with Gasteiger partial charge in [0.05, 0.1) is 0 Å². The predicted molar refractivity (Wildman–Crippen MR) is 29.0 cm³/mol. The summed E-state index contributed by atoms with van der Waals surface area (Å²) in [5, 5.41) is 0. The van der Waals surface area contributed by atoms with Crippen LogP contribution in [0.15, 0.2) is 9.36 Å². The number of nitrogens with zero attached hydrogens (tertiary/aromatic N) is 2. The predicted octanol–water partition coefficient (Wildman–Crippen LogP) is -0.116. The minimum atomic E-state index is -4.90. The first-order valence-corrected chi connectivity index (χ1v) is 3.07. The van der Waals surface area contributed by atoms with Crippen LogP contribution in [0.4, 0.5) is 13.2 Å². The van der Waals surface area contributed by atoms with Crippen molar-refractivity contribution in [1.29, 1.82) is 0 Å². The van der Waals surface area contributed by atoms with E-state index in [2.05, 4.69) is 10.1 Å². The molecule has 0 saturated carbocycles. The van der Waals surface area contributed by atoms with Crippen molar-refractivity contribution in [1.82, 2.24) is 0 Å². The fourth-order valence-corrected chi connectivity index (χ4v) is 0.420. The summed E-state index contributed by atoms with van der Waals surface area (Å²) in [5.74, 6) is -1.34. The standard InChI is InChI=1S/C2H2F3N3O2S/c3-2(4,5)7-1(6)8-11(9)10/h(H2,6,7). The van der Waals surface area contributed by atoms with E-state index in [9.17, 15) is 21.6 Å². The van der Waals surface area contributed by atoms with E-state index in [1.54, 1.807) is 4.99 Å². The van der Waals surface area contributed by atoms with Gasteiger partial charge in [0.25, 0.3) is 0 Å². The van der Waals surface area contributed by atoms with Gasteiger partial charge in [0.1, 0.15) is 0 Å². The number of rotatable bonds is 0. The number of aliphatic imine (C=N–C) groups is 1. The maximum atomic E-state index is 11.2. The molecule has 0 radical (unpaired) electrons. The van der Waals surface area contributed by atoms with Crippen LogP contribution in [0.5, 0.6) is 0 Å². The molecule has 0 aliphatic rings. The molecule has 0 spiro atoms. The van der Waals surface area contributed by atoms with E-state index in [0.29, 0.717) is 0 Å². The maximum absolute atomic E-state index is 11.2. The average Bonchev–Trinajstić information content (AvgIpc) is 1.53. The minimum absolute atomic E-state index is 1.34. The number of alkyl halides is 3. The van der Waals surface area contributed by atoms with Crippen molar-refractivity contribution in [2.24, 2.45) is 15.1 Å². The second-order valence-corrected chi connectivity index (χ2v) is 1.86. The van der Waals surface area contributed by atoms with Crippen LogP contribution in [0.25, 0.3) is 0 Å². The summed E-state index contributed by atoms with van der Waals surface area (Å²) in [6.07, 6.45) is -4.90. The molecule has 11 heavy (non-hydrogen) atoms. The Balaban J connectivity index is 4.63. The van der Waals surface area contributed by atoms with E-state index in [4.69, 9.17) is 0 Å². The first-order chi connectivity index (χ1) is 4.81. The van der Waals surface area contributed by atoms with Crippen LogP contribution in [0.1, 0.15) is 0 Å². The van der Waals surface area contributed by atoms with Crippen LogP contribution in [-0.2, 0) is 10.5 Å². The Labute approximate surface area is 60.4 Å². The summed E-state index contributed by atoms with van der Waals surface area (Å²) >= 11 is 0. The summed E-state index contributed by atoms with van der Waals surface area (Å²) in [6, 6.07) is 0. The van der Waals surface area contributed by atoms with Crippen LogP contribution in [0.2, 0.25) is 0 Å². The van der Waals surface area contributed by atoms with Gasteiger partial charge in [0.2, 0.25) is 5.96 Å². The molecule has 0 aromatic rings. The van der Waals surface area contributed by atoms with Crippen molar-refractivity contribution in [2.45, 2.75) is 6.30 Å². The maximum Gasteiger partial charge on any atom is 0.506 e. The molecule has 0 bridgehead atoms. The third-order valence-electron chi connectivity index (χ3n) is 0.409. The highest BCUT2D eigenvalue weighted by Gasteiger charge is 2.26. The Morgan fingerprint density at radius 1 is 1.36 bits per heavy atom. The Hall–Kier alpha value is -1.12. The second kappa shape index (κ2) is 3.32. The summed E-state index contributed by atoms with van der Waals surface area (Å²) in [6.45, 7) is 0. The third-order valence-corrected chi connectivity index (χ3v) is 0.746. The Bertz CT molecular complexity index is 280. The zero-order valence-corrected chi connectivity index (χ0v) is 5.65. The van der Waals surface area contributed by atoms with E-state index < -0.39 is 22.8 Å². The van der Waals surface area contributed by atoms with Crippen LogP contribution in [0.3, 0.4) is 0 Å². The van der Waals surface area contributed by atoms with Gasteiger partial charge in [-0.05, 0) is 0 Å². The van der Waals surface area contributed by atoms with Crippen molar-refractivity contribution in [3.05, 3.63) is 0 Å². The molecule has 0 aromatic heterocycles. The smallest absolute Gasteiger partial charge is 0.367 e. The fourth-order valence-electron chi connectivity index (χ4n) is 0.227. The normalized spacial score (nSPS) is 12.8. The van der Waals surface area contributed by atoms with Gasteiger partial charge in [-0.1, -0.05) is 4.36 Å². The quantitative estimate of drug-likeness (QED) is 0.327. The van der Waals surface area contributed by atoms with E-state index in [0.717, 1.165) is 0 Å². The minimum Gasteiger partial charge on any atom is -0.367 e. The van der Waals surface area contributed by atoms with Gasteiger partial charge in [-0.25, -0.2) is 0 Å². The highest BCUT2D eigenvalue weighted by atomic mass is 32.2. The lowest BCUT2D eigenvalue weighted by Crippen LogP contribution is -2.14. The molecule has 0 atom stereocenters. The van der Waals surface area contributed by atoms with Gasteiger partial charge in [-0.3, -0.25) is 0 Å². The zero-order valence-electron chi connectivity index (χ0n) is 4.83. The van der Waals surface area contributed by atoms with Gasteiger partial charge in [-0.2, -0.15) is 8.42 Å². The first kappa shape index (κ1) is 9.88. The number of guanidine groups is 1. The summed E-state index contributed by atoms with van der Waals surface area (Å²) in [5.41, 5.74) is 4.43. The van der Waals surface area contributed by atoms with E-state index in [1.165, 1.54) is 0 Å². The summed E-state index contributed by atoms with van der Waals surface area (Å²) in [7, 11) is -3.01. The molecule has 9 heteroatoms. The largest absolute Gasteiger partial charge is 0.506 e. The molecule has 0 rings (SSSR count). The van der Waals surface area contributed by atoms with E-state index >= 15 is 0 Å². The molecule has 0 aliphatic heterocycles. The molecule has 64 valence electrons. The second-order valence-electron chi connectivity index (χ2n) is 1.25. The van der Waals surface area contributed by atoms with E-state index in [-0.39, 0.29) is 0 Å². The molecule has 2 N–H and O–H groups in total. The van der Waals surface area contributed by atoms with Crippen molar-refractivity contribution < 1.29 is 21.6 Å². The molecule has 0 fully saturated rings. The van der Waals surface area contributed by atoms with Crippen molar-refractivity contribution in [3.63, 3.8) is 0 Å². The van der Waals surface area contributed by atoms with Gasteiger partial charge in [0.15, 0.2) is 0 Å². The number of hydrogen-bond donors (Lipinski definition) is 1. The number of hydrogen-bond acceptors (Lipinski definition) is 3. The highest BCUT2D eigenvalue weighted by Crippen LogP contribution is 2.15.